The average molecular weight is 238 g/mol. The molecular weight excluding hydrogens is 215 g/mol. The zero-order chi connectivity index (χ0) is 12.7. The Hall–Kier alpha value is -0.930. The average Bonchev–Trinajstić information content (AvgIpc) is 2.33. The maximum absolute atomic E-state index is 13.0. The number of benzene rings is 1. The quantitative estimate of drug-likeness (QED) is 0.789. The lowest BCUT2D eigenvalue weighted by Crippen LogP contribution is -2.25. The third-order valence-corrected chi connectivity index (χ3v) is 3.08. The van der Waals surface area contributed by atoms with Gasteiger partial charge in [0.15, 0.2) is 0 Å². The van der Waals surface area contributed by atoms with Crippen LogP contribution in [0.25, 0.3) is 0 Å². The fraction of sp³-hybridized carbons (Fsp3) is 0.571. The molecule has 0 saturated carbocycles. The van der Waals surface area contributed by atoms with Gasteiger partial charge < -0.3 is 10.6 Å². The summed E-state index contributed by atoms with van der Waals surface area (Å²) in [5, 5.41) is 0. The van der Waals surface area contributed by atoms with Crippen molar-refractivity contribution in [2.24, 2.45) is 11.7 Å². The van der Waals surface area contributed by atoms with E-state index in [0.717, 1.165) is 38.0 Å². The molecule has 0 amide bonds. The molecule has 1 aromatic carbocycles. The zero-order valence-corrected chi connectivity index (χ0v) is 10.8. The van der Waals surface area contributed by atoms with Gasteiger partial charge in [0.2, 0.25) is 0 Å². The summed E-state index contributed by atoms with van der Waals surface area (Å²) in [6.07, 6.45) is 2.02. The lowest BCUT2D eigenvalue weighted by Gasteiger charge is -2.18. The Bertz CT molecular complexity index is 328. The number of likely N-dealkylation sites (N-methyl/N-ethyl adjacent to an activating group) is 1. The molecule has 1 unspecified atom stereocenters. The van der Waals surface area contributed by atoms with E-state index in [0.29, 0.717) is 5.92 Å². The summed E-state index contributed by atoms with van der Waals surface area (Å²) in [6, 6.07) is 6.83. The van der Waals surface area contributed by atoms with Gasteiger partial charge >= 0.3 is 0 Å². The van der Waals surface area contributed by atoms with Crippen LogP contribution in [0.2, 0.25) is 0 Å². The van der Waals surface area contributed by atoms with E-state index in [1.807, 2.05) is 6.07 Å². The van der Waals surface area contributed by atoms with Crippen molar-refractivity contribution >= 4 is 0 Å². The molecule has 1 rings (SSSR count). The van der Waals surface area contributed by atoms with Gasteiger partial charge in [0.25, 0.3) is 0 Å². The number of halogens is 1. The number of nitrogens with two attached hydrogens (primary N) is 1. The number of nitrogens with zero attached hydrogens (tertiary/aromatic N) is 1. The third-order valence-electron chi connectivity index (χ3n) is 3.08. The van der Waals surface area contributed by atoms with Crippen molar-refractivity contribution in [3.8, 4) is 0 Å². The second-order valence-electron chi connectivity index (χ2n) is 4.81. The largest absolute Gasteiger partial charge is 0.330 e. The fourth-order valence-electron chi connectivity index (χ4n) is 1.68. The summed E-state index contributed by atoms with van der Waals surface area (Å²) in [7, 11) is 2.10. The van der Waals surface area contributed by atoms with Crippen molar-refractivity contribution in [2.45, 2.75) is 19.8 Å². The van der Waals surface area contributed by atoms with Crippen LogP contribution in [0, 0.1) is 11.7 Å². The van der Waals surface area contributed by atoms with Crippen LogP contribution in [0.1, 0.15) is 18.9 Å². The number of hydrogen-bond acceptors (Lipinski definition) is 2. The standard InChI is InChI=1S/C14H23FN2/c1-12(11-16)6-8-17(2)9-7-13-4-3-5-14(15)10-13/h3-5,10,12H,6-9,11,16H2,1-2H3. The van der Waals surface area contributed by atoms with Gasteiger partial charge in [-0.05, 0) is 56.6 Å². The topological polar surface area (TPSA) is 29.3 Å². The Kier molecular flexibility index (Phi) is 6.16. The second-order valence-corrected chi connectivity index (χ2v) is 4.81. The molecule has 0 bridgehead atoms. The van der Waals surface area contributed by atoms with Crippen LogP contribution >= 0.6 is 0 Å². The molecule has 0 radical (unpaired) electrons. The van der Waals surface area contributed by atoms with Crippen LogP contribution in [0.5, 0.6) is 0 Å². The van der Waals surface area contributed by atoms with E-state index in [4.69, 9.17) is 5.73 Å². The van der Waals surface area contributed by atoms with Gasteiger partial charge in [-0.3, -0.25) is 0 Å². The summed E-state index contributed by atoms with van der Waals surface area (Å²) < 4.78 is 13.0. The van der Waals surface area contributed by atoms with E-state index in [1.54, 1.807) is 12.1 Å². The van der Waals surface area contributed by atoms with Crippen molar-refractivity contribution in [3.05, 3.63) is 35.6 Å². The third kappa shape index (κ3) is 5.80. The number of rotatable bonds is 7. The predicted octanol–water partition coefficient (Wildman–Crippen LogP) is 2.28. The molecule has 17 heavy (non-hydrogen) atoms. The van der Waals surface area contributed by atoms with Gasteiger partial charge in [0.1, 0.15) is 5.82 Å². The lowest BCUT2D eigenvalue weighted by atomic mass is 10.1. The first-order valence-corrected chi connectivity index (χ1v) is 6.25. The van der Waals surface area contributed by atoms with Crippen LogP contribution in [0.15, 0.2) is 24.3 Å². The molecule has 0 aliphatic rings. The van der Waals surface area contributed by atoms with Crippen molar-refractivity contribution in [1.82, 2.24) is 4.90 Å². The molecule has 0 fully saturated rings. The first-order valence-electron chi connectivity index (χ1n) is 6.25. The molecule has 0 heterocycles. The molecule has 2 N–H and O–H groups in total. The first kappa shape index (κ1) is 14.1. The van der Waals surface area contributed by atoms with Gasteiger partial charge in [-0.1, -0.05) is 19.1 Å². The molecular formula is C14H23FN2. The highest BCUT2D eigenvalue weighted by Crippen LogP contribution is 2.06. The predicted molar refractivity (Wildman–Crippen MR) is 70.4 cm³/mol. The Morgan fingerprint density at radius 2 is 2.12 bits per heavy atom. The summed E-state index contributed by atoms with van der Waals surface area (Å²) >= 11 is 0. The van der Waals surface area contributed by atoms with E-state index >= 15 is 0 Å². The molecule has 0 aliphatic carbocycles. The molecule has 0 aliphatic heterocycles. The number of hydrogen-bond donors (Lipinski definition) is 1. The van der Waals surface area contributed by atoms with Crippen molar-refractivity contribution in [3.63, 3.8) is 0 Å². The maximum atomic E-state index is 13.0. The van der Waals surface area contributed by atoms with Gasteiger partial charge in [-0.15, -0.1) is 0 Å². The summed E-state index contributed by atoms with van der Waals surface area (Å²) in [4.78, 5) is 2.27. The molecule has 1 atom stereocenters. The molecule has 96 valence electrons. The SMILES string of the molecule is CC(CN)CCN(C)CCc1cccc(F)c1. The Balaban J connectivity index is 2.26. The minimum atomic E-state index is -0.151. The monoisotopic (exact) mass is 238 g/mol. The van der Waals surface area contributed by atoms with Crippen LogP contribution < -0.4 is 5.73 Å². The van der Waals surface area contributed by atoms with Gasteiger partial charge in [-0.2, -0.15) is 0 Å². The summed E-state index contributed by atoms with van der Waals surface area (Å²) in [6.45, 7) is 4.92. The zero-order valence-electron chi connectivity index (χ0n) is 10.8. The smallest absolute Gasteiger partial charge is 0.123 e. The first-order chi connectivity index (χ1) is 8.11. The Morgan fingerprint density at radius 3 is 2.76 bits per heavy atom. The summed E-state index contributed by atoms with van der Waals surface area (Å²) in [5.74, 6) is 0.425. The van der Waals surface area contributed by atoms with Gasteiger partial charge in [0, 0.05) is 6.54 Å². The van der Waals surface area contributed by atoms with E-state index in [-0.39, 0.29) is 5.82 Å². The normalized spacial score (nSPS) is 13.0. The minimum Gasteiger partial charge on any atom is -0.330 e. The highest BCUT2D eigenvalue weighted by Gasteiger charge is 2.03. The van der Waals surface area contributed by atoms with Crippen LogP contribution in [0.4, 0.5) is 4.39 Å². The minimum absolute atomic E-state index is 0.151. The van der Waals surface area contributed by atoms with Crippen molar-refractivity contribution < 1.29 is 4.39 Å². The lowest BCUT2D eigenvalue weighted by molar-refractivity contribution is 0.310. The molecule has 3 heteroatoms. The van der Waals surface area contributed by atoms with Gasteiger partial charge in [-0.25, -0.2) is 4.39 Å². The highest BCUT2D eigenvalue weighted by atomic mass is 19.1. The van der Waals surface area contributed by atoms with E-state index in [9.17, 15) is 4.39 Å². The van der Waals surface area contributed by atoms with Crippen molar-refractivity contribution in [1.29, 1.82) is 0 Å². The van der Waals surface area contributed by atoms with Crippen molar-refractivity contribution in [2.75, 3.05) is 26.7 Å². The maximum Gasteiger partial charge on any atom is 0.123 e. The molecule has 2 nitrogen and oxygen atoms in total. The highest BCUT2D eigenvalue weighted by molar-refractivity contribution is 5.16. The summed E-state index contributed by atoms with van der Waals surface area (Å²) in [5.41, 5.74) is 6.64. The molecule has 0 saturated heterocycles. The molecule has 0 spiro atoms. The fourth-order valence-corrected chi connectivity index (χ4v) is 1.68. The van der Waals surface area contributed by atoms with Crippen LogP contribution in [-0.2, 0) is 6.42 Å². The Morgan fingerprint density at radius 1 is 1.35 bits per heavy atom. The van der Waals surface area contributed by atoms with Crippen LogP contribution in [0.3, 0.4) is 0 Å². The van der Waals surface area contributed by atoms with Crippen LogP contribution in [-0.4, -0.2) is 31.6 Å². The van der Waals surface area contributed by atoms with E-state index in [2.05, 4.69) is 18.9 Å². The van der Waals surface area contributed by atoms with E-state index in [1.165, 1.54) is 6.07 Å². The molecule has 0 aromatic heterocycles. The van der Waals surface area contributed by atoms with Gasteiger partial charge in [0.05, 0.1) is 0 Å². The van der Waals surface area contributed by atoms with E-state index < -0.39 is 0 Å². The molecule has 1 aromatic rings. The second kappa shape index (κ2) is 7.41. The Labute approximate surface area is 104 Å².